The highest BCUT2D eigenvalue weighted by Crippen LogP contribution is 2.28. The van der Waals surface area contributed by atoms with Gasteiger partial charge in [-0.15, -0.1) is 0 Å². The Balaban J connectivity index is 2.03. The lowest BCUT2D eigenvalue weighted by Gasteiger charge is -2.33. The molecule has 6 nitrogen and oxygen atoms in total. The third kappa shape index (κ3) is 3.23. The molecule has 0 aromatic carbocycles. The summed E-state index contributed by atoms with van der Waals surface area (Å²) in [6, 6.07) is -0.253. The van der Waals surface area contributed by atoms with Crippen LogP contribution in [0.15, 0.2) is 0 Å². The average Bonchev–Trinajstić information content (AvgIpc) is 2.85. The van der Waals surface area contributed by atoms with Gasteiger partial charge in [0.15, 0.2) is 0 Å². The van der Waals surface area contributed by atoms with Gasteiger partial charge in [-0.2, -0.15) is 0 Å². The Labute approximate surface area is 119 Å². The molecule has 0 aromatic heterocycles. The lowest BCUT2D eigenvalue weighted by atomic mass is 9.90. The molecule has 1 atom stereocenters. The number of nitrogens with zero attached hydrogens (tertiary/aromatic N) is 1. The number of aliphatic carboxylic acids is 1. The van der Waals surface area contributed by atoms with Gasteiger partial charge in [0, 0.05) is 13.7 Å². The zero-order valence-corrected chi connectivity index (χ0v) is 12.1. The van der Waals surface area contributed by atoms with Crippen LogP contribution in [0, 0.1) is 0 Å². The number of rotatable bonds is 3. The van der Waals surface area contributed by atoms with Crippen LogP contribution in [0.4, 0.5) is 4.79 Å². The van der Waals surface area contributed by atoms with E-state index in [4.69, 9.17) is 4.74 Å². The maximum atomic E-state index is 12.3. The van der Waals surface area contributed by atoms with Gasteiger partial charge in [-0.05, 0) is 19.3 Å². The molecule has 1 aliphatic carbocycles. The van der Waals surface area contributed by atoms with E-state index in [1.54, 1.807) is 11.9 Å². The summed E-state index contributed by atoms with van der Waals surface area (Å²) in [5.41, 5.74) is -1.10. The molecule has 1 saturated carbocycles. The first-order chi connectivity index (χ1) is 9.55. The van der Waals surface area contributed by atoms with Crippen LogP contribution in [0.25, 0.3) is 0 Å². The Kier molecular flexibility index (Phi) is 4.86. The smallest absolute Gasteiger partial charge is 0.329 e. The van der Waals surface area contributed by atoms with E-state index in [2.05, 4.69) is 5.32 Å². The number of carboxylic acids is 1. The minimum atomic E-state index is -1.10. The van der Waals surface area contributed by atoms with Crippen molar-refractivity contribution < 1.29 is 19.4 Å². The van der Waals surface area contributed by atoms with E-state index in [0.717, 1.165) is 32.1 Å². The molecule has 0 radical (unpaired) electrons. The fourth-order valence-electron chi connectivity index (χ4n) is 3.01. The number of carboxylic acid groups (broad SMARTS) is 1. The van der Waals surface area contributed by atoms with Crippen molar-refractivity contribution in [2.45, 2.75) is 56.5 Å². The van der Waals surface area contributed by atoms with E-state index < -0.39 is 11.5 Å². The molecule has 2 rings (SSSR count). The zero-order chi connectivity index (χ0) is 14.6. The van der Waals surface area contributed by atoms with E-state index in [1.165, 1.54) is 0 Å². The molecule has 2 N–H and O–H groups in total. The third-order valence-corrected chi connectivity index (χ3v) is 4.49. The second kappa shape index (κ2) is 6.43. The average molecular weight is 284 g/mol. The fourth-order valence-corrected chi connectivity index (χ4v) is 3.01. The Hall–Kier alpha value is -1.30. The molecule has 1 unspecified atom stereocenters. The number of ether oxygens (including phenoxy) is 1. The first-order valence-corrected chi connectivity index (χ1v) is 7.41. The summed E-state index contributed by atoms with van der Waals surface area (Å²) >= 11 is 0. The summed E-state index contributed by atoms with van der Waals surface area (Å²) in [4.78, 5) is 25.6. The highest BCUT2D eigenvalue weighted by molar-refractivity contribution is 5.86. The largest absolute Gasteiger partial charge is 0.480 e. The molecule has 114 valence electrons. The van der Waals surface area contributed by atoms with Crippen molar-refractivity contribution >= 4 is 12.0 Å². The van der Waals surface area contributed by atoms with Gasteiger partial charge in [-0.25, -0.2) is 9.59 Å². The van der Waals surface area contributed by atoms with Crippen molar-refractivity contribution in [2.75, 3.05) is 20.3 Å². The Bertz CT molecular complexity index is 358. The van der Waals surface area contributed by atoms with Gasteiger partial charge in [0.1, 0.15) is 5.54 Å². The summed E-state index contributed by atoms with van der Waals surface area (Å²) in [7, 11) is 1.71. The number of amides is 2. The molecule has 1 aliphatic heterocycles. The fraction of sp³-hybridized carbons (Fsp3) is 0.857. The monoisotopic (exact) mass is 284 g/mol. The van der Waals surface area contributed by atoms with E-state index >= 15 is 0 Å². The predicted molar refractivity (Wildman–Crippen MR) is 73.6 cm³/mol. The van der Waals surface area contributed by atoms with E-state index in [9.17, 15) is 14.7 Å². The Morgan fingerprint density at radius 3 is 2.40 bits per heavy atom. The molecule has 0 spiro atoms. The van der Waals surface area contributed by atoms with Crippen LogP contribution in [0.2, 0.25) is 0 Å². The molecule has 0 bridgehead atoms. The van der Waals surface area contributed by atoms with Gasteiger partial charge in [0.25, 0.3) is 0 Å². The van der Waals surface area contributed by atoms with Gasteiger partial charge >= 0.3 is 12.0 Å². The molecular weight excluding hydrogens is 260 g/mol. The number of urea groups is 1. The lowest BCUT2D eigenvalue weighted by Crippen LogP contribution is -2.58. The maximum absolute atomic E-state index is 12.3. The summed E-state index contributed by atoms with van der Waals surface area (Å²) in [6.07, 6.45) is 5.62. The SMILES string of the molecule is CN(C(=O)NC1(C(=O)O)CCCCCC1)C1CCOC1. The van der Waals surface area contributed by atoms with Crippen LogP contribution in [0.5, 0.6) is 0 Å². The normalized spacial score (nSPS) is 25.8. The summed E-state index contributed by atoms with van der Waals surface area (Å²) < 4.78 is 5.27. The van der Waals surface area contributed by atoms with Crippen molar-refractivity contribution in [3.8, 4) is 0 Å². The van der Waals surface area contributed by atoms with Crippen molar-refractivity contribution in [2.24, 2.45) is 0 Å². The summed E-state index contributed by atoms with van der Waals surface area (Å²) in [5, 5.41) is 12.3. The van der Waals surface area contributed by atoms with Gasteiger partial charge in [-0.1, -0.05) is 25.7 Å². The standard InChI is InChI=1S/C14H24N2O4/c1-16(11-6-9-20-10-11)13(19)15-14(12(17)18)7-4-2-3-5-8-14/h11H,2-10H2,1H3,(H,15,19)(H,17,18). The first-order valence-electron chi connectivity index (χ1n) is 7.41. The van der Waals surface area contributed by atoms with Gasteiger partial charge in [0.2, 0.25) is 0 Å². The molecule has 2 aliphatic rings. The quantitative estimate of drug-likeness (QED) is 0.771. The molecule has 20 heavy (non-hydrogen) atoms. The molecule has 1 saturated heterocycles. The van der Waals surface area contributed by atoms with Gasteiger partial charge in [0.05, 0.1) is 12.6 Å². The minimum absolute atomic E-state index is 0.0478. The van der Waals surface area contributed by atoms with Crippen molar-refractivity contribution in [1.29, 1.82) is 0 Å². The van der Waals surface area contributed by atoms with Crippen molar-refractivity contribution in [3.05, 3.63) is 0 Å². The number of nitrogens with one attached hydrogen (secondary N) is 1. The maximum Gasteiger partial charge on any atom is 0.329 e. The number of carbonyl (C=O) groups is 2. The van der Waals surface area contributed by atoms with Crippen LogP contribution in [-0.2, 0) is 9.53 Å². The second-order valence-electron chi connectivity index (χ2n) is 5.86. The number of hydrogen-bond donors (Lipinski definition) is 2. The van der Waals surface area contributed by atoms with Crippen molar-refractivity contribution in [3.63, 3.8) is 0 Å². The molecule has 0 aromatic rings. The number of carbonyl (C=O) groups excluding carboxylic acids is 1. The highest BCUT2D eigenvalue weighted by Gasteiger charge is 2.41. The highest BCUT2D eigenvalue weighted by atomic mass is 16.5. The summed E-state index contributed by atoms with van der Waals surface area (Å²) in [5.74, 6) is -0.913. The minimum Gasteiger partial charge on any atom is -0.480 e. The van der Waals surface area contributed by atoms with E-state index in [0.29, 0.717) is 26.1 Å². The Morgan fingerprint density at radius 2 is 1.90 bits per heavy atom. The van der Waals surface area contributed by atoms with Crippen molar-refractivity contribution in [1.82, 2.24) is 10.2 Å². The van der Waals surface area contributed by atoms with Crippen LogP contribution in [0.3, 0.4) is 0 Å². The molecule has 2 amide bonds. The topological polar surface area (TPSA) is 78.9 Å². The lowest BCUT2D eigenvalue weighted by molar-refractivity contribution is -0.145. The van der Waals surface area contributed by atoms with Crippen LogP contribution in [-0.4, -0.2) is 53.8 Å². The number of likely N-dealkylation sites (N-methyl/N-ethyl adjacent to an activating group) is 1. The number of hydrogen-bond acceptors (Lipinski definition) is 3. The Morgan fingerprint density at radius 1 is 1.25 bits per heavy atom. The first kappa shape index (κ1) is 15.1. The van der Waals surface area contributed by atoms with Crippen LogP contribution in [0.1, 0.15) is 44.9 Å². The molecule has 2 fully saturated rings. The van der Waals surface area contributed by atoms with E-state index in [-0.39, 0.29) is 12.1 Å². The van der Waals surface area contributed by atoms with Crippen LogP contribution < -0.4 is 5.32 Å². The van der Waals surface area contributed by atoms with Gasteiger partial charge in [-0.3, -0.25) is 0 Å². The second-order valence-corrected chi connectivity index (χ2v) is 5.86. The zero-order valence-electron chi connectivity index (χ0n) is 12.1. The summed E-state index contributed by atoms with van der Waals surface area (Å²) in [6.45, 7) is 1.19. The predicted octanol–water partition coefficient (Wildman–Crippen LogP) is 1.59. The molecule has 6 heteroatoms. The van der Waals surface area contributed by atoms with E-state index in [1.807, 2.05) is 0 Å². The molecular formula is C14H24N2O4. The van der Waals surface area contributed by atoms with Gasteiger partial charge < -0.3 is 20.1 Å². The van der Waals surface area contributed by atoms with Crippen LogP contribution >= 0.6 is 0 Å². The molecule has 1 heterocycles. The third-order valence-electron chi connectivity index (χ3n) is 4.49.